The lowest BCUT2D eigenvalue weighted by Gasteiger charge is -2.30. The van der Waals surface area contributed by atoms with Crippen molar-refractivity contribution in [3.63, 3.8) is 0 Å². The van der Waals surface area contributed by atoms with Crippen LogP contribution in [0.15, 0.2) is 48.5 Å². The van der Waals surface area contributed by atoms with E-state index in [0.717, 1.165) is 18.4 Å². The van der Waals surface area contributed by atoms with Gasteiger partial charge in [-0.3, -0.25) is 19.3 Å². The number of rotatable bonds is 3. The summed E-state index contributed by atoms with van der Waals surface area (Å²) in [5, 5.41) is 0. The molecule has 0 bridgehead atoms. The van der Waals surface area contributed by atoms with Crippen LogP contribution in [-0.2, 0) is 6.54 Å². The van der Waals surface area contributed by atoms with E-state index in [1.165, 1.54) is 4.90 Å². The van der Waals surface area contributed by atoms with Gasteiger partial charge in [0.2, 0.25) is 0 Å². The van der Waals surface area contributed by atoms with Gasteiger partial charge in [-0.15, -0.1) is 0 Å². The SMILES string of the molecule is NC1CCN(C(=O)c2ccc3c(c2)C(=O)N(Cc2ccccc2)C3=O)CC1. The number of imide groups is 1. The van der Waals surface area contributed by atoms with Crippen molar-refractivity contribution < 1.29 is 14.4 Å². The van der Waals surface area contributed by atoms with Crippen LogP contribution in [0.2, 0.25) is 0 Å². The standard InChI is InChI=1S/C21H21N3O3/c22-16-8-10-23(11-9-16)19(25)15-6-7-17-18(12-15)21(27)24(20(17)26)13-14-4-2-1-3-5-14/h1-7,12,16H,8-11,13,22H2. The van der Waals surface area contributed by atoms with Crippen LogP contribution in [-0.4, -0.2) is 46.7 Å². The summed E-state index contributed by atoms with van der Waals surface area (Å²) in [5.74, 6) is -0.789. The number of likely N-dealkylation sites (tertiary alicyclic amines) is 1. The molecule has 2 aliphatic heterocycles. The molecule has 2 aromatic carbocycles. The van der Waals surface area contributed by atoms with E-state index in [9.17, 15) is 14.4 Å². The van der Waals surface area contributed by atoms with Gasteiger partial charge in [-0.2, -0.15) is 0 Å². The summed E-state index contributed by atoms with van der Waals surface area (Å²) in [7, 11) is 0. The van der Waals surface area contributed by atoms with Crippen molar-refractivity contribution in [2.45, 2.75) is 25.4 Å². The maximum absolute atomic E-state index is 12.8. The Morgan fingerprint density at radius 1 is 0.963 bits per heavy atom. The van der Waals surface area contributed by atoms with E-state index in [1.807, 2.05) is 30.3 Å². The van der Waals surface area contributed by atoms with Crippen molar-refractivity contribution in [2.75, 3.05) is 13.1 Å². The molecule has 0 unspecified atom stereocenters. The maximum Gasteiger partial charge on any atom is 0.261 e. The highest BCUT2D eigenvalue weighted by molar-refractivity contribution is 6.22. The van der Waals surface area contributed by atoms with E-state index >= 15 is 0 Å². The first kappa shape index (κ1) is 17.4. The Morgan fingerprint density at radius 2 is 1.63 bits per heavy atom. The van der Waals surface area contributed by atoms with Gasteiger partial charge in [-0.05, 0) is 36.6 Å². The van der Waals surface area contributed by atoms with Crippen molar-refractivity contribution in [1.82, 2.24) is 9.80 Å². The van der Waals surface area contributed by atoms with Crippen LogP contribution in [0, 0.1) is 0 Å². The predicted molar refractivity (Wildman–Crippen MR) is 100 cm³/mol. The van der Waals surface area contributed by atoms with Crippen LogP contribution >= 0.6 is 0 Å². The van der Waals surface area contributed by atoms with E-state index < -0.39 is 0 Å². The third-order valence-electron chi connectivity index (χ3n) is 5.23. The minimum absolute atomic E-state index is 0.119. The quantitative estimate of drug-likeness (QED) is 0.846. The molecule has 1 fully saturated rings. The van der Waals surface area contributed by atoms with Gasteiger partial charge < -0.3 is 10.6 Å². The van der Waals surface area contributed by atoms with Gasteiger partial charge in [0, 0.05) is 24.7 Å². The molecular formula is C21H21N3O3. The van der Waals surface area contributed by atoms with E-state index in [2.05, 4.69) is 0 Å². The summed E-state index contributed by atoms with van der Waals surface area (Å²) >= 11 is 0. The fourth-order valence-electron chi connectivity index (χ4n) is 3.62. The van der Waals surface area contributed by atoms with E-state index in [4.69, 9.17) is 5.73 Å². The number of hydrogen-bond donors (Lipinski definition) is 1. The number of hydrogen-bond acceptors (Lipinski definition) is 4. The molecule has 0 spiro atoms. The van der Waals surface area contributed by atoms with Gasteiger partial charge in [-0.1, -0.05) is 30.3 Å². The first-order chi connectivity index (χ1) is 13.0. The molecule has 0 aliphatic carbocycles. The minimum Gasteiger partial charge on any atom is -0.339 e. The largest absolute Gasteiger partial charge is 0.339 e. The molecule has 2 N–H and O–H groups in total. The summed E-state index contributed by atoms with van der Waals surface area (Å²) in [5.41, 5.74) is 7.87. The molecule has 0 aromatic heterocycles. The number of amides is 3. The molecular weight excluding hydrogens is 342 g/mol. The van der Waals surface area contributed by atoms with Gasteiger partial charge in [-0.25, -0.2) is 0 Å². The van der Waals surface area contributed by atoms with Crippen LogP contribution in [0.25, 0.3) is 0 Å². The molecule has 2 aromatic rings. The van der Waals surface area contributed by atoms with Crippen LogP contribution in [0.1, 0.15) is 49.5 Å². The molecule has 2 aliphatic rings. The predicted octanol–water partition coefficient (Wildman–Crippen LogP) is 2.05. The zero-order chi connectivity index (χ0) is 19.0. The number of carbonyl (C=O) groups is 3. The highest BCUT2D eigenvalue weighted by atomic mass is 16.2. The van der Waals surface area contributed by atoms with Gasteiger partial charge in [0.25, 0.3) is 17.7 Å². The number of nitrogens with two attached hydrogens (primary N) is 1. The lowest BCUT2D eigenvalue weighted by molar-refractivity contribution is 0.0641. The van der Waals surface area contributed by atoms with Crippen molar-refractivity contribution in [3.05, 3.63) is 70.8 Å². The number of piperidine rings is 1. The molecule has 6 nitrogen and oxygen atoms in total. The first-order valence-corrected chi connectivity index (χ1v) is 9.13. The summed E-state index contributed by atoms with van der Waals surface area (Å²) in [6, 6.07) is 14.3. The zero-order valence-corrected chi connectivity index (χ0v) is 14.9. The second-order valence-corrected chi connectivity index (χ2v) is 7.07. The third-order valence-corrected chi connectivity index (χ3v) is 5.23. The van der Waals surface area contributed by atoms with E-state index in [1.54, 1.807) is 23.1 Å². The Kier molecular flexibility index (Phi) is 4.49. The third kappa shape index (κ3) is 3.24. The maximum atomic E-state index is 12.8. The Hall–Kier alpha value is -2.99. The monoisotopic (exact) mass is 363 g/mol. The van der Waals surface area contributed by atoms with E-state index in [0.29, 0.717) is 29.8 Å². The van der Waals surface area contributed by atoms with Crippen LogP contribution in [0.3, 0.4) is 0 Å². The molecule has 6 heteroatoms. The zero-order valence-electron chi connectivity index (χ0n) is 14.9. The molecule has 3 amide bonds. The summed E-state index contributed by atoms with van der Waals surface area (Å²) in [6.07, 6.45) is 1.55. The smallest absolute Gasteiger partial charge is 0.261 e. The Bertz CT molecular complexity index is 902. The van der Waals surface area contributed by atoms with Crippen LogP contribution in [0.4, 0.5) is 0 Å². The highest BCUT2D eigenvalue weighted by Crippen LogP contribution is 2.26. The normalized spacial score (nSPS) is 17.4. The lowest BCUT2D eigenvalue weighted by atomic mass is 10.0. The molecule has 0 atom stereocenters. The van der Waals surface area contributed by atoms with E-state index in [-0.39, 0.29) is 30.3 Å². The van der Waals surface area contributed by atoms with Gasteiger partial charge >= 0.3 is 0 Å². The summed E-state index contributed by atoms with van der Waals surface area (Å²) in [4.78, 5) is 41.1. The van der Waals surface area contributed by atoms with Gasteiger partial charge in [0.05, 0.1) is 17.7 Å². The Morgan fingerprint density at radius 3 is 2.33 bits per heavy atom. The molecule has 1 saturated heterocycles. The number of carbonyl (C=O) groups excluding carboxylic acids is 3. The van der Waals surface area contributed by atoms with Crippen molar-refractivity contribution in [3.8, 4) is 0 Å². The average Bonchev–Trinajstić information content (AvgIpc) is 2.93. The molecule has 2 heterocycles. The minimum atomic E-state index is -0.353. The molecule has 27 heavy (non-hydrogen) atoms. The fraction of sp³-hybridized carbons (Fsp3) is 0.286. The molecule has 0 saturated carbocycles. The fourth-order valence-corrected chi connectivity index (χ4v) is 3.62. The van der Waals surface area contributed by atoms with Crippen molar-refractivity contribution in [2.24, 2.45) is 5.73 Å². The van der Waals surface area contributed by atoms with Crippen LogP contribution < -0.4 is 5.73 Å². The van der Waals surface area contributed by atoms with Crippen LogP contribution in [0.5, 0.6) is 0 Å². The Labute approximate surface area is 157 Å². The first-order valence-electron chi connectivity index (χ1n) is 9.13. The highest BCUT2D eigenvalue weighted by Gasteiger charge is 2.36. The van der Waals surface area contributed by atoms with Gasteiger partial charge in [0.15, 0.2) is 0 Å². The Balaban J connectivity index is 1.56. The lowest BCUT2D eigenvalue weighted by Crippen LogP contribution is -2.42. The van der Waals surface area contributed by atoms with Gasteiger partial charge in [0.1, 0.15) is 0 Å². The summed E-state index contributed by atoms with van der Waals surface area (Å²) < 4.78 is 0. The molecule has 4 rings (SSSR count). The average molecular weight is 363 g/mol. The summed E-state index contributed by atoms with van der Waals surface area (Å²) in [6.45, 7) is 1.45. The molecule has 138 valence electrons. The second-order valence-electron chi connectivity index (χ2n) is 7.07. The second kappa shape index (κ2) is 6.96. The number of fused-ring (bicyclic) bond motifs is 1. The number of benzene rings is 2. The number of nitrogens with zero attached hydrogens (tertiary/aromatic N) is 2. The van der Waals surface area contributed by atoms with Crippen molar-refractivity contribution in [1.29, 1.82) is 0 Å². The topological polar surface area (TPSA) is 83.7 Å². The van der Waals surface area contributed by atoms with Crippen molar-refractivity contribution >= 4 is 17.7 Å². The molecule has 0 radical (unpaired) electrons.